The second kappa shape index (κ2) is 14.8. The van der Waals surface area contributed by atoms with Gasteiger partial charge in [0.05, 0.1) is 34.4 Å². The lowest BCUT2D eigenvalue weighted by Crippen LogP contribution is -2.43. The molecule has 258 valence electrons. The average molecular weight is 688 g/mol. The topological polar surface area (TPSA) is 97.9 Å². The van der Waals surface area contributed by atoms with Gasteiger partial charge in [0.1, 0.15) is 5.60 Å². The maximum Gasteiger partial charge on any atom is 0.416 e. The van der Waals surface area contributed by atoms with Gasteiger partial charge in [-0.1, -0.05) is 62.2 Å². The molecule has 1 N–H and O–H groups in total. The van der Waals surface area contributed by atoms with Gasteiger partial charge in [-0.25, -0.2) is 9.59 Å². The molecule has 9 nitrogen and oxygen atoms in total. The predicted molar refractivity (Wildman–Crippen MR) is 178 cm³/mol. The molecule has 0 spiro atoms. The third kappa shape index (κ3) is 8.58. The van der Waals surface area contributed by atoms with E-state index in [0.29, 0.717) is 28.3 Å². The van der Waals surface area contributed by atoms with Crippen molar-refractivity contribution in [3.8, 4) is 0 Å². The van der Waals surface area contributed by atoms with Crippen LogP contribution in [0.5, 0.6) is 0 Å². The van der Waals surface area contributed by atoms with Gasteiger partial charge in [0, 0.05) is 24.3 Å². The quantitative estimate of drug-likeness (QED) is 0.163. The monoisotopic (exact) mass is 687 g/mol. The number of nitrogens with one attached hydrogen (secondary N) is 1. The highest BCUT2D eigenvalue weighted by Crippen LogP contribution is 2.35. The van der Waals surface area contributed by atoms with Crippen molar-refractivity contribution >= 4 is 29.1 Å². The van der Waals surface area contributed by atoms with Crippen LogP contribution in [0.4, 0.5) is 18.0 Å². The zero-order chi connectivity index (χ0) is 35.4. The summed E-state index contributed by atoms with van der Waals surface area (Å²) in [6, 6.07) is 14.4. The number of carbonyl (C=O) groups excluding carboxylic acids is 2. The lowest BCUT2D eigenvalue weighted by atomic mass is 9.92. The molecule has 2 heterocycles. The number of aromatic nitrogens is 3. The fourth-order valence-electron chi connectivity index (χ4n) is 5.48. The molecule has 0 saturated carbocycles. The lowest BCUT2D eigenvalue weighted by molar-refractivity contribution is -0.137. The van der Waals surface area contributed by atoms with Crippen LogP contribution in [0.3, 0.4) is 0 Å². The zero-order valence-corrected chi connectivity index (χ0v) is 28.7. The van der Waals surface area contributed by atoms with Crippen molar-refractivity contribution in [3.05, 3.63) is 104 Å². The number of ether oxygens (including phenoxy) is 1. The summed E-state index contributed by atoms with van der Waals surface area (Å²) in [7, 11) is 0. The summed E-state index contributed by atoms with van der Waals surface area (Å²) >= 11 is 6.63. The van der Waals surface area contributed by atoms with Crippen LogP contribution in [0.2, 0.25) is 5.02 Å². The molecular weight excluding hydrogens is 647 g/mol. The molecule has 0 radical (unpaired) electrons. The largest absolute Gasteiger partial charge is 0.444 e. The zero-order valence-electron chi connectivity index (χ0n) is 27.9. The van der Waals surface area contributed by atoms with Gasteiger partial charge in [-0.3, -0.25) is 9.36 Å². The molecule has 0 bridgehead atoms. The summed E-state index contributed by atoms with van der Waals surface area (Å²) in [5.74, 6) is -0.755. The fourth-order valence-corrected chi connectivity index (χ4v) is 5.65. The Balaban J connectivity index is 1.85. The van der Waals surface area contributed by atoms with E-state index in [4.69, 9.17) is 16.3 Å². The Morgan fingerprint density at radius 3 is 2.29 bits per heavy atom. The molecule has 2 aromatic heterocycles. The maximum atomic E-state index is 14.3. The fraction of sp³-hybridized carbons (Fsp3) is 0.429. The van der Waals surface area contributed by atoms with E-state index in [0.717, 1.165) is 29.8 Å². The number of aryl methyl sites for hydroxylation is 1. The Hall–Kier alpha value is -4.32. The average Bonchev–Trinajstić information content (AvgIpc) is 3.31. The van der Waals surface area contributed by atoms with Gasteiger partial charge in [-0.15, -0.1) is 0 Å². The van der Waals surface area contributed by atoms with E-state index in [1.807, 2.05) is 44.2 Å². The molecule has 13 heteroatoms. The smallest absolute Gasteiger partial charge is 0.416 e. The number of carbonyl (C=O) groups is 2. The molecule has 2 amide bonds. The third-order valence-electron chi connectivity index (χ3n) is 8.00. The van der Waals surface area contributed by atoms with Crippen LogP contribution >= 0.6 is 11.6 Å². The Morgan fingerprint density at radius 1 is 1.06 bits per heavy atom. The summed E-state index contributed by atoms with van der Waals surface area (Å²) in [5, 5.41) is 7.36. The van der Waals surface area contributed by atoms with Crippen LogP contribution in [-0.2, 0) is 17.5 Å². The molecule has 0 unspecified atom stereocenters. The van der Waals surface area contributed by atoms with Gasteiger partial charge >= 0.3 is 18.0 Å². The number of hydrogen-bond acceptors (Lipinski definition) is 5. The molecular formula is C35H41ClF3N5O4. The molecule has 2 aromatic carbocycles. The first-order valence-corrected chi connectivity index (χ1v) is 16.2. The number of benzene rings is 2. The van der Waals surface area contributed by atoms with E-state index >= 15 is 0 Å². The first-order chi connectivity index (χ1) is 22.5. The van der Waals surface area contributed by atoms with Crippen LogP contribution < -0.4 is 11.0 Å². The van der Waals surface area contributed by atoms with Gasteiger partial charge < -0.3 is 15.0 Å². The number of fused-ring (bicyclic) bond motifs is 1. The molecule has 4 aromatic rings. The Labute approximate surface area is 282 Å². The summed E-state index contributed by atoms with van der Waals surface area (Å²) in [5.41, 5.74) is 0.177. The molecule has 0 aliphatic heterocycles. The van der Waals surface area contributed by atoms with Crippen LogP contribution in [0.25, 0.3) is 5.52 Å². The van der Waals surface area contributed by atoms with E-state index in [1.165, 1.54) is 4.52 Å². The highest BCUT2D eigenvalue weighted by atomic mass is 35.5. The summed E-state index contributed by atoms with van der Waals surface area (Å²) < 4.78 is 48.3. The summed E-state index contributed by atoms with van der Waals surface area (Å²) in [4.78, 5) is 42.4. The molecule has 0 fully saturated rings. The second-order valence-electron chi connectivity index (χ2n) is 12.8. The molecule has 2 atom stereocenters. The molecule has 48 heavy (non-hydrogen) atoms. The number of alkyl halides is 3. The van der Waals surface area contributed by atoms with Crippen molar-refractivity contribution in [3.63, 3.8) is 0 Å². The van der Waals surface area contributed by atoms with Crippen LogP contribution in [-0.4, -0.2) is 49.8 Å². The number of alkyl carbamates (subject to hydrolysis) is 1. The Bertz CT molecular complexity index is 1800. The highest BCUT2D eigenvalue weighted by Gasteiger charge is 2.35. The van der Waals surface area contributed by atoms with Crippen molar-refractivity contribution in [2.24, 2.45) is 5.92 Å². The van der Waals surface area contributed by atoms with Crippen molar-refractivity contribution in [2.75, 3.05) is 13.1 Å². The van der Waals surface area contributed by atoms with Crippen LogP contribution in [0.15, 0.2) is 65.5 Å². The molecule has 0 aliphatic carbocycles. The number of halogens is 4. The van der Waals surface area contributed by atoms with E-state index < -0.39 is 41.1 Å². The van der Waals surface area contributed by atoms with Crippen molar-refractivity contribution in [2.45, 2.75) is 78.7 Å². The van der Waals surface area contributed by atoms with E-state index in [2.05, 4.69) is 10.4 Å². The number of rotatable bonds is 11. The van der Waals surface area contributed by atoms with Gasteiger partial charge in [0.25, 0.3) is 5.91 Å². The SMILES string of the molecule is CC[C@H](C)[C@@H](c1cc2c(Cl)c(C)nn2c(=O)n1Cc1ccccc1)N(CCCNC(=O)OC(C)(C)C)C(=O)c1ccc(C(F)(F)F)cc1. The lowest BCUT2D eigenvalue weighted by Gasteiger charge is -2.37. The van der Waals surface area contributed by atoms with Gasteiger partial charge in [0.15, 0.2) is 0 Å². The molecule has 4 rings (SSSR count). The minimum Gasteiger partial charge on any atom is -0.444 e. The van der Waals surface area contributed by atoms with Crippen LogP contribution in [0, 0.1) is 12.8 Å². The highest BCUT2D eigenvalue weighted by molar-refractivity contribution is 6.34. The molecule has 0 saturated heterocycles. The summed E-state index contributed by atoms with van der Waals surface area (Å²) in [6.07, 6.45) is -4.31. The Morgan fingerprint density at radius 2 is 1.71 bits per heavy atom. The normalized spacial score (nSPS) is 13.3. The van der Waals surface area contributed by atoms with E-state index in [1.54, 1.807) is 43.2 Å². The number of amides is 2. The van der Waals surface area contributed by atoms with Gasteiger partial charge in [0.2, 0.25) is 0 Å². The molecule has 0 aliphatic rings. The standard InChI is InChI=1S/C35H41ClF3N5O4/c1-7-22(2)30(28-20-27-29(36)23(3)41-44(27)33(47)43(28)21-24-12-9-8-10-13-24)42(19-11-18-40-32(46)48-34(4,5)6)31(45)25-14-16-26(17-15-25)35(37,38)39/h8-10,12-17,20,22,30H,7,11,18-19,21H2,1-6H3,(H,40,46)/t22-,30-/m0/s1. The van der Waals surface area contributed by atoms with E-state index in [9.17, 15) is 27.6 Å². The van der Waals surface area contributed by atoms with Crippen molar-refractivity contribution in [1.29, 1.82) is 0 Å². The first-order valence-electron chi connectivity index (χ1n) is 15.8. The minimum atomic E-state index is -4.57. The van der Waals surface area contributed by atoms with Crippen molar-refractivity contribution < 1.29 is 27.5 Å². The second-order valence-corrected chi connectivity index (χ2v) is 13.2. The first kappa shape index (κ1) is 36.5. The van der Waals surface area contributed by atoms with Gasteiger partial charge in [-0.2, -0.15) is 22.8 Å². The van der Waals surface area contributed by atoms with Gasteiger partial charge in [-0.05, 0) is 75.9 Å². The van der Waals surface area contributed by atoms with E-state index in [-0.39, 0.29) is 37.5 Å². The van der Waals surface area contributed by atoms with Crippen molar-refractivity contribution in [1.82, 2.24) is 24.4 Å². The Kier molecular flexibility index (Phi) is 11.3. The number of hydrogen-bond donors (Lipinski definition) is 1. The summed E-state index contributed by atoms with van der Waals surface area (Å²) in [6.45, 7) is 11.2. The maximum absolute atomic E-state index is 14.3. The third-order valence-corrected chi connectivity index (χ3v) is 8.47. The minimum absolute atomic E-state index is 0.0488. The predicted octanol–water partition coefficient (Wildman–Crippen LogP) is 7.67. The van der Waals surface area contributed by atoms with Crippen LogP contribution in [0.1, 0.15) is 86.4 Å². The number of nitrogens with zero attached hydrogens (tertiary/aromatic N) is 4.